The Morgan fingerprint density at radius 1 is 0.179 bits per heavy atom. The maximum Gasteiger partial charge on any atom is 0.252 e. The van der Waals surface area contributed by atoms with Crippen LogP contribution in [0.5, 0.6) is 0 Å². The Hall–Kier alpha value is -12.3. The molecule has 0 fully saturated rings. The SMILES string of the molecule is c1ccc(-c2cc(-c3ccccc3)c(N3c4cc(-c5ccccc5)ccc4B4c5ccc(-c6c7ccccc7c(-c7ccccc7)c7ccccc67)cc5N(c5c(-c6ccccc6)cc(-c6ccccc6)cc5-c5ccccc5)c5cccc3c54)c(-c3ccccc3)c2)cc1. The zero-order valence-corrected chi connectivity index (χ0v) is 52.2. The van der Waals surface area contributed by atoms with Gasteiger partial charge in [0.25, 0.3) is 6.71 Å². The van der Waals surface area contributed by atoms with Gasteiger partial charge >= 0.3 is 0 Å². The average molecular weight is 1210 g/mol. The predicted molar refractivity (Wildman–Crippen MR) is 404 cm³/mol. The summed E-state index contributed by atoms with van der Waals surface area (Å²) in [6.07, 6.45) is 0. The van der Waals surface area contributed by atoms with Crippen molar-refractivity contribution in [2.24, 2.45) is 0 Å². The van der Waals surface area contributed by atoms with Crippen molar-refractivity contribution in [2.45, 2.75) is 0 Å². The van der Waals surface area contributed by atoms with Gasteiger partial charge in [-0.05, 0) is 164 Å². The fourth-order valence-corrected chi connectivity index (χ4v) is 15.4. The first kappa shape index (κ1) is 55.5. The van der Waals surface area contributed by atoms with E-state index in [1.54, 1.807) is 0 Å². The molecule has 442 valence electrons. The van der Waals surface area contributed by atoms with Gasteiger partial charge in [-0.3, -0.25) is 0 Å². The van der Waals surface area contributed by atoms with Crippen LogP contribution in [0.2, 0.25) is 0 Å². The average Bonchev–Trinajstić information content (AvgIpc) is 0.694. The van der Waals surface area contributed by atoms with E-state index in [1.165, 1.54) is 60.2 Å². The van der Waals surface area contributed by atoms with Gasteiger partial charge in [0.05, 0.1) is 11.4 Å². The van der Waals surface area contributed by atoms with E-state index in [0.29, 0.717) is 0 Å². The van der Waals surface area contributed by atoms with Crippen LogP contribution in [0.3, 0.4) is 0 Å². The fraction of sp³-hybridized carbons (Fsp3) is 0. The number of hydrogen-bond acceptors (Lipinski definition) is 2. The zero-order valence-electron chi connectivity index (χ0n) is 52.2. The number of nitrogens with zero attached hydrogens (tertiary/aromatic N) is 2. The lowest BCUT2D eigenvalue weighted by Gasteiger charge is -2.46. The van der Waals surface area contributed by atoms with Crippen LogP contribution in [0.15, 0.2) is 370 Å². The summed E-state index contributed by atoms with van der Waals surface area (Å²) in [6, 6.07) is 138. The lowest BCUT2D eigenvalue weighted by Crippen LogP contribution is -2.61. The highest BCUT2D eigenvalue weighted by Gasteiger charge is 2.45. The molecule has 0 atom stereocenters. The molecule has 0 unspecified atom stereocenters. The molecule has 0 aliphatic carbocycles. The minimum atomic E-state index is -0.195. The second kappa shape index (κ2) is 23.4. The lowest BCUT2D eigenvalue weighted by atomic mass is 9.33. The standard InChI is InChI=1S/C92H61BN2/c1-9-30-62(31-10-1)70-52-54-82-86(60-70)94(91-78(65-36-15-4-16-37-65)56-72(63-32-11-2-12-33-63)57-79(91)66-38-17-5-18-39-66)84-50-29-51-85-90(84)93(82)83-55-53-71(89-76-48-27-25-46-74(76)88(69-44-23-8-24-45-69)75-47-26-28-49-77(75)89)61-87(83)95(85)92-80(67-40-19-6-20-41-67)58-73(64-34-13-3-14-35-64)59-81(92)68-42-21-7-22-43-68/h1-61H. The van der Waals surface area contributed by atoms with E-state index in [2.05, 4.69) is 380 Å². The van der Waals surface area contributed by atoms with Crippen LogP contribution in [0, 0.1) is 0 Å². The van der Waals surface area contributed by atoms with Crippen molar-refractivity contribution >= 4 is 78.8 Å². The van der Waals surface area contributed by atoms with Crippen LogP contribution in [0.1, 0.15) is 0 Å². The second-order valence-electron chi connectivity index (χ2n) is 25.0. The van der Waals surface area contributed by atoms with Crippen LogP contribution in [-0.4, -0.2) is 6.71 Å². The van der Waals surface area contributed by atoms with Gasteiger partial charge in [-0.1, -0.05) is 322 Å². The first-order valence-corrected chi connectivity index (χ1v) is 32.9. The highest BCUT2D eigenvalue weighted by atomic mass is 15.2. The molecule has 0 spiro atoms. The van der Waals surface area contributed by atoms with Crippen molar-refractivity contribution in [3.05, 3.63) is 370 Å². The Balaban J connectivity index is 0.990. The van der Waals surface area contributed by atoms with E-state index in [4.69, 9.17) is 0 Å². The van der Waals surface area contributed by atoms with Crippen molar-refractivity contribution < 1.29 is 0 Å². The molecule has 95 heavy (non-hydrogen) atoms. The van der Waals surface area contributed by atoms with Crippen LogP contribution >= 0.6 is 0 Å². The summed E-state index contributed by atoms with van der Waals surface area (Å²) in [6.45, 7) is -0.195. The molecule has 0 radical (unpaired) electrons. The summed E-state index contributed by atoms with van der Waals surface area (Å²) in [7, 11) is 0. The molecule has 18 rings (SSSR count). The molecule has 0 amide bonds. The summed E-state index contributed by atoms with van der Waals surface area (Å²) in [5.74, 6) is 0. The van der Waals surface area contributed by atoms with Crippen LogP contribution in [0.25, 0.3) is 122 Å². The summed E-state index contributed by atoms with van der Waals surface area (Å²) in [4.78, 5) is 5.32. The second-order valence-corrected chi connectivity index (χ2v) is 25.0. The van der Waals surface area contributed by atoms with E-state index in [0.717, 1.165) is 112 Å². The maximum absolute atomic E-state index is 2.67. The van der Waals surface area contributed by atoms with E-state index in [9.17, 15) is 0 Å². The van der Waals surface area contributed by atoms with Gasteiger partial charge < -0.3 is 9.80 Å². The van der Waals surface area contributed by atoms with E-state index in [-0.39, 0.29) is 6.71 Å². The van der Waals surface area contributed by atoms with Gasteiger partial charge in [-0.15, -0.1) is 0 Å². The van der Waals surface area contributed by atoms with Gasteiger partial charge in [0.1, 0.15) is 0 Å². The molecule has 0 aromatic heterocycles. The summed E-state index contributed by atoms with van der Waals surface area (Å²) in [5, 5.41) is 4.88. The quantitative estimate of drug-likeness (QED) is 0.0941. The molecule has 0 saturated heterocycles. The minimum Gasteiger partial charge on any atom is -0.310 e. The third-order valence-electron chi connectivity index (χ3n) is 19.6. The summed E-state index contributed by atoms with van der Waals surface area (Å²) in [5.41, 5.74) is 31.3. The number of hydrogen-bond donors (Lipinski definition) is 0. The largest absolute Gasteiger partial charge is 0.310 e. The lowest BCUT2D eigenvalue weighted by molar-refractivity contribution is 1.25. The molecule has 0 N–H and O–H groups in total. The third-order valence-corrected chi connectivity index (χ3v) is 19.6. The summed E-state index contributed by atoms with van der Waals surface area (Å²) < 4.78 is 0. The van der Waals surface area contributed by atoms with Gasteiger partial charge in [-0.2, -0.15) is 0 Å². The van der Waals surface area contributed by atoms with Crippen molar-refractivity contribution in [2.75, 3.05) is 9.80 Å². The number of rotatable bonds is 11. The number of benzene rings is 16. The van der Waals surface area contributed by atoms with Gasteiger partial charge in [0.15, 0.2) is 0 Å². The van der Waals surface area contributed by atoms with Crippen molar-refractivity contribution in [3.63, 3.8) is 0 Å². The molecule has 2 heterocycles. The molecule has 3 heteroatoms. The first-order chi connectivity index (χ1) is 47.2. The number of anilines is 6. The van der Waals surface area contributed by atoms with E-state index in [1.807, 2.05) is 0 Å². The Kier molecular flexibility index (Phi) is 13.7. The molecule has 0 saturated carbocycles. The van der Waals surface area contributed by atoms with Gasteiger partial charge in [-0.25, -0.2) is 0 Å². The normalized spacial score (nSPS) is 12.1. The molecular weight excluding hydrogens is 1140 g/mol. The van der Waals surface area contributed by atoms with E-state index >= 15 is 0 Å². The van der Waals surface area contributed by atoms with Crippen LogP contribution < -0.4 is 26.2 Å². The topological polar surface area (TPSA) is 6.48 Å². The third kappa shape index (κ3) is 9.50. The Morgan fingerprint density at radius 3 is 0.800 bits per heavy atom. The molecule has 2 nitrogen and oxygen atoms in total. The number of fused-ring (bicyclic) bond motifs is 6. The monoisotopic (exact) mass is 1200 g/mol. The zero-order chi connectivity index (χ0) is 62.8. The highest BCUT2D eigenvalue weighted by Crippen LogP contribution is 2.55. The van der Waals surface area contributed by atoms with E-state index < -0.39 is 0 Å². The van der Waals surface area contributed by atoms with Crippen molar-refractivity contribution in [1.29, 1.82) is 0 Å². The first-order valence-electron chi connectivity index (χ1n) is 32.9. The molecule has 2 aliphatic rings. The molecular formula is C92H61BN2. The minimum absolute atomic E-state index is 0.195. The predicted octanol–water partition coefficient (Wildman–Crippen LogP) is 23.1. The van der Waals surface area contributed by atoms with Gasteiger partial charge in [0.2, 0.25) is 0 Å². The fourth-order valence-electron chi connectivity index (χ4n) is 15.4. The smallest absolute Gasteiger partial charge is 0.252 e. The summed E-state index contributed by atoms with van der Waals surface area (Å²) >= 11 is 0. The van der Waals surface area contributed by atoms with Crippen molar-refractivity contribution in [1.82, 2.24) is 0 Å². The molecule has 2 aliphatic heterocycles. The highest BCUT2D eigenvalue weighted by molar-refractivity contribution is 7.00. The Labute approximate surface area is 555 Å². The molecule has 0 bridgehead atoms. The maximum atomic E-state index is 2.67. The van der Waals surface area contributed by atoms with Crippen LogP contribution in [0.4, 0.5) is 34.1 Å². The Bertz CT molecular complexity index is 5390. The van der Waals surface area contributed by atoms with Gasteiger partial charge in [0, 0.05) is 45.0 Å². The Morgan fingerprint density at radius 2 is 0.453 bits per heavy atom. The van der Waals surface area contributed by atoms with Crippen molar-refractivity contribution in [3.8, 4) is 100 Å². The van der Waals surface area contributed by atoms with Crippen LogP contribution in [-0.2, 0) is 0 Å². The molecule has 16 aromatic carbocycles. The molecule has 16 aromatic rings.